The number of alkyl carbamates (subject to hydrolysis) is 1. The van der Waals surface area contributed by atoms with Crippen LogP contribution in [0.1, 0.15) is 33.3 Å². The van der Waals surface area contributed by atoms with Gasteiger partial charge in [0.2, 0.25) is 0 Å². The van der Waals surface area contributed by atoms with E-state index in [2.05, 4.69) is 5.32 Å². The van der Waals surface area contributed by atoms with E-state index in [1.807, 2.05) is 70.2 Å². The molecule has 0 saturated heterocycles. The van der Waals surface area contributed by atoms with Gasteiger partial charge < -0.3 is 10.1 Å². The molecular weight excluding hydrogens is 226 g/mol. The summed E-state index contributed by atoms with van der Waals surface area (Å²) in [7, 11) is 0. The number of carbonyl (C=O) groups excluding carboxylic acids is 1. The number of ether oxygens (including phenoxy) is 1. The summed E-state index contributed by atoms with van der Waals surface area (Å²) in [6.45, 7) is 7.44. The van der Waals surface area contributed by atoms with E-state index in [0.717, 1.165) is 5.56 Å². The summed E-state index contributed by atoms with van der Waals surface area (Å²) in [6.07, 6.45) is 3.51. The molecule has 98 valence electrons. The molecule has 1 N–H and O–H groups in total. The van der Waals surface area contributed by atoms with Crippen LogP contribution in [-0.4, -0.2) is 17.7 Å². The molecule has 0 aromatic heterocycles. The van der Waals surface area contributed by atoms with Crippen molar-refractivity contribution >= 4 is 12.2 Å². The Kier molecular flexibility index (Phi) is 4.95. The van der Waals surface area contributed by atoms with Gasteiger partial charge in [0.25, 0.3) is 0 Å². The van der Waals surface area contributed by atoms with Crippen molar-refractivity contribution in [2.45, 2.75) is 39.3 Å². The first-order valence-corrected chi connectivity index (χ1v) is 6.09. The number of carbonyl (C=O) groups is 1. The van der Waals surface area contributed by atoms with Gasteiger partial charge in [-0.15, -0.1) is 0 Å². The summed E-state index contributed by atoms with van der Waals surface area (Å²) in [6, 6.07) is 9.88. The zero-order chi connectivity index (χ0) is 13.6. The second-order valence-electron chi connectivity index (χ2n) is 5.20. The van der Waals surface area contributed by atoms with Crippen molar-refractivity contribution < 1.29 is 9.53 Å². The van der Waals surface area contributed by atoms with E-state index in [0.29, 0.717) is 0 Å². The van der Waals surface area contributed by atoms with Gasteiger partial charge in [-0.2, -0.15) is 0 Å². The van der Waals surface area contributed by atoms with Crippen LogP contribution in [0.2, 0.25) is 0 Å². The lowest BCUT2D eigenvalue weighted by atomic mass is 10.2. The van der Waals surface area contributed by atoms with Gasteiger partial charge in [-0.3, -0.25) is 0 Å². The summed E-state index contributed by atoms with van der Waals surface area (Å²) in [4.78, 5) is 11.5. The Morgan fingerprint density at radius 3 is 2.44 bits per heavy atom. The van der Waals surface area contributed by atoms with Gasteiger partial charge in [0.1, 0.15) is 5.60 Å². The average molecular weight is 247 g/mol. The van der Waals surface area contributed by atoms with Crippen LogP contribution in [0.15, 0.2) is 36.4 Å². The van der Waals surface area contributed by atoms with E-state index >= 15 is 0 Å². The van der Waals surface area contributed by atoms with Crippen molar-refractivity contribution in [1.82, 2.24) is 5.32 Å². The Balaban J connectivity index is 2.45. The molecule has 1 unspecified atom stereocenters. The summed E-state index contributed by atoms with van der Waals surface area (Å²) in [5.74, 6) is 0. The molecule has 0 aliphatic rings. The molecule has 1 aromatic rings. The van der Waals surface area contributed by atoms with Gasteiger partial charge in [-0.1, -0.05) is 42.5 Å². The first kappa shape index (κ1) is 14.3. The van der Waals surface area contributed by atoms with Gasteiger partial charge in [0.15, 0.2) is 0 Å². The van der Waals surface area contributed by atoms with Gasteiger partial charge in [-0.25, -0.2) is 4.79 Å². The molecule has 0 aliphatic heterocycles. The third-order valence-corrected chi connectivity index (χ3v) is 2.12. The maximum Gasteiger partial charge on any atom is 0.408 e. The molecule has 3 heteroatoms. The number of hydrogen-bond acceptors (Lipinski definition) is 2. The molecule has 1 atom stereocenters. The Hall–Kier alpha value is -1.77. The standard InChI is InChI=1S/C15H21NO2/c1-12(16-14(17)18-15(2,3)4)10-11-13-8-6-5-7-9-13/h5-12H,1-4H3,(H,16,17). The lowest BCUT2D eigenvalue weighted by Crippen LogP contribution is -2.36. The summed E-state index contributed by atoms with van der Waals surface area (Å²) in [5, 5.41) is 2.76. The quantitative estimate of drug-likeness (QED) is 0.886. The van der Waals surface area contributed by atoms with E-state index < -0.39 is 11.7 Å². The fourth-order valence-electron chi connectivity index (χ4n) is 1.36. The zero-order valence-electron chi connectivity index (χ0n) is 11.4. The Bertz CT molecular complexity index is 404. The molecule has 0 radical (unpaired) electrons. The molecule has 0 spiro atoms. The summed E-state index contributed by atoms with van der Waals surface area (Å²) in [5.41, 5.74) is 0.641. The molecular formula is C15H21NO2. The third-order valence-electron chi connectivity index (χ3n) is 2.12. The monoisotopic (exact) mass is 247 g/mol. The van der Waals surface area contributed by atoms with E-state index in [1.165, 1.54) is 0 Å². The predicted molar refractivity (Wildman–Crippen MR) is 74.3 cm³/mol. The van der Waals surface area contributed by atoms with Gasteiger partial charge >= 0.3 is 6.09 Å². The van der Waals surface area contributed by atoms with Gasteiger partial charge in [0, 0.05) is 6.04 Å². The second kappa shape index (κ2) is 6.24. The van der Waals surface area contributed by atoms with Crippen molar-refractivity contribution in [3.8, 4) is 0 Å². The molecule has 18 heavy (non-hydrogen) atoms. The zero-order valence-corrected chi connectivity index (χ0v) is 11.4. The topological polar surface area (TPSA) is 38.3 Å². The summed E-state index contributed by atoms with van der Waals surface area (Å²) < 4.78 is 5.18. The number of benzene rings is 1. The maximum absolute atomic E-state index is 11.5. The fourth-order valence-corrected chi connectivity index (χ4v) is 1.36. The normalized spacial score (nSPS) is 13.3. The molecule has 1 aromatic carbocycles. The minimum Gasteiger partial charge on any atom is -0.444 e. The van der Waals surface area contributed by atoms with Crippen molar-refractivity contribution in [3.05, 3.63) is 42.0 Å². The smallest absolute Gasteiger partial charge is 0.408 e. The number of hydrogen-bond donors (Lipinski definition) is 1. The summed E-state index contributed by atoms with van der Waals surface area (Å²) >= 11 is 0. The molecule has 0 bridgehead atoms. The maximum atomic E-state index is 11.5. The van der Waals surface area contributed by atoms with E-state index in [4.69, 9.17) is 4.74 Å². The Labute approximate surface area is 109 Å². The molecule has 3 nitrogen and oxygen atoms in total. The third kappa shape index (κ3) is 6.09. The second-order valence-corrected chi connectivity index (χ2v) is 5.20. The molecule has 0 aliphatic carbocycles. The highest BCUT2D eigenvalue weighted by molar-refractivity contribution is 5.68. The van der Waals surface area contributed by atoms with Crippen molar-refractivity contribution in [2.75, 3.05) is 0 Å². The number of amides is 1. The molecule has 0 saturated carbocycles. The lowest BCUT2D eigenvalue weighted by molar-refractivity contribution is 0.0518. The minimum atomic E-state index is -0.465. The highest BCUT2D eigenvalue weighted by Crippen LogP contribution is 2.07. The van der Waals surface area contributed by atoms with Crippen molar-refractivity contribution in [1.29, 1.82) is 0 Å². The van der Waals surface area contributed by atoms with Crippen LogP contribution in [-0.2, 0) is 4.74 Å². The van der Waals surface area contributed by atoms with Crippen LogP contribution in [0.5, 0.6) is 0 Å². The van der Waals surface area contributed by atoms with Crippen LogP contribution < -0.4 is 5.32 Å². The minimum absolute atomic E-state index is 0.0694. The van der Waals surface area contributed by atoms with E-state index in [-0.39, 0.29) is 6.04 Å². The first-order valence-electron chi connectivity index (χ1n) is 6.09. The van der Waals surface area contributed by atoms with Gasteiger partial charge in [-0.05, 0) is 33.3 Å². The van der Waals surface area contributed by atoms with Crippen LogP contribution in [0.3, 0.4) is 0 Å². The predicted octanol–water partition coefficient (Wildman–Crippen LogP) is 3.61. The number of rotatable bonds is 3. The Morgan fingerprint density at radius 1 is 1.28 bits per heavy atom. The first-order chi connectivity index (χ1) is 8.37. The lowest BCUT2D eigenvalue weighted by Gasteiger charge is -2.20. The molecule has 1 amide bonds. The van der Waals surface area contributed by atoms with Crippen LogP contribution in [0.4, 0.5) is 4.79 Å². The van der Waals surface area contributed by atoms with E-state index in [9.17, 15) is 4.79 Å². The van der Waals surface area contributed by atoms with Crippen molar-refractivity contribution in [3.63, 3.8) is 0 Å². The SMILES string of the molecule is CC(C=Cc1ccccc1)NC(=O)OC(C)(C)C. The van der Waals surface area contributed by atoms with Crippen LogP contribution >= 0.6 is 0 Å². The number of nitrogens with one attached hydrogen (secondary N) is 1. The average Bonchev–Trinajstić information content (AvgIpc) is 2.25. The van der Waals surface area contributed by atoms with Crippen molar-refractivity contribution in [2.24, 2.45) is 0 Å². The largest absolute Gasteiger partial charge is 0.444 e. The highest BCUT2D eigenvalue weighted by Gasteiger charge is 2.16. The molecule has 0 fully saturated rings. The van der Waals surface area contributed by atoms with Crippen LogP contribution in [0, 0.1) is 0 Å². The highest BCUT2D eigenvalue weighted by atomic mass is 16.6. The molecule has 1 rings (SSSR count). The van der Waals surface area contributed by atoms with E-state index in [1.54, 1.807) is 0 Å². The van der Waals surface area contributed by atoms with Gasteiger partial charge in [0.05, 0.1) is 0 Å². The Morgan fingerprint density at radius 2 is 1.89 bits per heavy atom. The molecule has 0 heterocycles. The van der Waals surface area contributed by atoms with Crippen LogP contribution in [0.25, 0.3) is 6.08 Å². The fraction of sp³-hybridized carbons (Fsp3) is 0.400.